The van der Waals surface area contributed by atoms with Crippen molar-refractivity contribution in [2.24, 2.45) is 0 Å². The van der Waals surface area contributed by atoms with Crippen molar-refractivity contribution in [3.63, 3.8) is 0 Å². The van der Waals surface area contributed by atoms with Gasteiger partial charge in [-0.1, -0.05) is 12.2 Å². The summed E-state index contributed by atoms with van der Waals surface area (Å²) in [5.41, 5.74) is 6.31. The Bertz CT molecular complexity index is 338. The lowest BCUT2D eigenvalue weighted by Gasteiger charge is -2.17. The van der Waals surface area contributed by atoms with Crippen molar-refractivity contribution < 1.29 is 0 Å². The molecule has 0 fully saturated rings. The maximum absolute atomic E-state index is 4.01. The molecule has 0 unspecified atom stereocenters. The van der Waals surface area contributed by atoms with Gasteiger partial charge in [0, 0.05) is 19.8 Å². The normalized spacial score (nSPS) is 10.1. The second kappa shape index (κ2) is 3.87. The highest BCUT2D eigenvalue weighted by Gasteiger charge is 2.06. The molecule has 1 heteroatoms. The highest BCUT2D eigenvalue weighted by Crippen LogP contribution is 2.26. The number of hydrogen-bond donors (Lipinski definition) is 0. The van der Waals surface area contributed by atoms with Gasteiger partial charge in [0.05, 0.1) is 0 Å². The van der Waals surface area contributed by atoms with Crippen LogP contribution in [-0.2, 0) is 0 Å². The molecule has 0 N–H and O–H groups in total. The van der Waals surface area contributed by atoms with Crippen LogP contribution in [0.15, 0.2) is 18.7 Å². The van der Waals surface area contributed by atoms with Crippen molar-refractivity contribution in [3.8, 4) is 0 Å². The quantitative estimate of drug-likeness (QED) is 0.689. The van der Waals surface area contributed by atoms with Crippen LogP contribution in [0.25, 0.3) is 5.57 Å². The number of benzene rings is 1. The van der Waals surface area contributed by atoms with E-state index in [1.165, 1.54) is 22.4 Å². The SMILES string of the molecule is C=C(C)c1c(C)cc(N(C)C)cc1C. The molecule has 0 spiro atoms. The Morgan fingerprint density at radius 3 is 1.86 bits per heavy atom. The first-order valence-corrected chi connectivity index (χ1v) is 4.88. The Morgan fingerprint density at radius 1 is 1.14 bits per heavy atom. The summed E-state index contributed by atoms with van der Waals surface area (Å²) in [5, 5.41) is 0. The summed E-state index contributed by atoms with van der Waals surface area (Å²) in [4.78, 5) is 2.13. The van der Waals surface area contributed by atoms with Crippen LogP contribution in [0.3, 0.4) is 0 Å². The molecule has 76 valence electrons. The number of hydrogen-bond acceptors (Lipinski definition) is 1. The third-order valence-corrected chi connectivity index (χ3v) is 2.46. The van der Waals surface area contributed by atoms with E-state index in [1.54, 1.807) is 0 Å². The molecule has 0 radical (unpaired) electrons. The van der Waals surface area contributed by atoms with Crippen LogP contribution in [0.4, 0.5) is 5.69 Å². The summed E-state index contributed by atoms with van der Waals surface area (Å²) in [6.45, 7) is 10.4. The Labute approximate surface area is 87.1 Å². The summed E-state index contributed by atoms with van der Waals surface area (Å²) < 4.78 is 0. The summed E-state index contributed by atoms with van der Waals surface area (Å²) in [7, 11) is 4.13. The average Bonchev–Trinajstić information content (AvgIpc) is 2.01. The van der Waals surface area contributed by atoms with E-state index in [0.717, 1.165) is 5.57 Å². The average molecular weight is 189 g/mol. The van der Waals surface area contributed by atoms with Gasteiger partial charge in [-0.2, -0.15) is 0 Å². The van der Waals surface area contributed by atoms with Crippen LogP contribution in [0.2, 0.25) is 0 Å². The molecule has 0 saturated carbocycles. The zero-order chi connectivity index (χ0) is 10.9. The van der Waals surface area contributed by atoms with E-state index in [0.29, 0.717) is 0 Å². The zero-order valence-electron chi connectivity index (χ0n) is 9.81. The van der Waals surface area contributed by atoms with E-state index in [1.807, 2.05) is 0 Å². The van der Waals surface area contributed by atoms with Crippen LogP contribution in [-0.4, -0.2) is 14.1 Å². The fraction of sp³-hybridized carbons (Fsp3) is 0.385. The number of anilines is 1. The van der Waals surface area contributed by atoms with Gasteiger partial charge in [-0.15, -0.1) is 0 Å². The molecule has 0 aromatic heterocycles. The molecule has 1 aromatic carbocycles. The minimum atomic E-state index is 1.14. The van der Waals surface area contributed by atoms with Gasteiger partial charge in [-0.25, -0.2) is 0 Å². The van der Waals surface area contributed by atoms with Crippen LogP contribution in [0, 0.1) is 13.8 Å². The van der Waals surface area contributed by atoms with Crippen LogP contribution in [0.5, 0.6) is 0 Å². The second-order valence-corrected chi connectivity index (χ2v) is 4.13. The van der Waals surface area contributed by atoms with E-state index >= 15 is 0 Å². The lowest BCUT2D eigenvalue weighted by molar-refractivity contribution is 1.12. The Kier molecular flexibility index (Phi) is 3.00. The topological polar surface area (TPSA) is 3.24 Å². The van der Waals surface area contributed by atoms with Crippen LogP contribution >= 0.6 is 0 Å². The first-order valence-electron chi connectivity index (χ1n) is 4.88. The molecule has 1 aromatic rings. The van der Waals surface area contributed by atoms with E-state index in [-0.39, 0.29) is 0 Å². The first kappa shape index (κ1) is 10.8. The maximum atomic E-state index is 4.01. The molecular weight excluding hydrogens is 170 g/mol. The van der Waals surface area contributed by atoms with Crippen molar-refractivity contribution in [3.05, 3.63) is 35.4 Å². The molecule has 1 nitrogen and oxygen atoms in total. The lowest BCUT2D eigenvalue weighted by Crippen LogP contribution is -2.09. The third kappa shape index (κ3) is 1.98. The predicted molar refractivity (Wildman–Crippen MR) is 65.0 cm³/mol. The number of allylic oxidation sites excluding steroid dienone is 1. The standard InChI is InChI=1S/C13H19N/c1-9(2)13-10(3)7-12(14(5)6)8-11(13)4/h7-8H,1H2,2-6H3. The van der Waals surface area contributed by atoms with Crippen molar-refractivity contribution in [1.29, 1.82) is 0 Å². The van der Waals surface area contributed by atoms with Crippen molar-refractivity contribution >= 4 is 11.3 Å². The van der Waals surface area contributed by atoms with Crippen molar-refractivity contribution in [1.82, 2.24) is 0 Å². The van der Waals surface area contributed by atoms with E-state index in [4.69, 9.17) is 0 Å². The first-order chi connectivity index (χ1) is 6.43. The minimum absolute atomic E-state index is 1.14. The Hall–Kier alpha value is -1.24. The van der Waals surface area contributed by atoms with Gasteiger partial charge < -0.3 is 4.90 Å². The van der Waals surface area contributed by atoms with Gasteiger partial charge in [0.15, 0.2) is 0 Å². The van der Waals surface area contributed by atoms with E-state index in [2.05, 4.69) is 58.5 Å². The van der Waals surface area contributed by atoms with Crippen LogP contribution in [0.1, 0.15) is 23.6 Å². The van der Waals surface area contributed by atoms with Crippen LogP contribution < -0.4 is 4.90 Å². The van der Waals surface area contributed by atoms with E-state index in [9.17, 15) is 0 Å². The third-order valence-electron chi connectivity index (χ3n) is 2.46. The molecular formula is C13H19N. The Balaban J connectivity index is 3.32. The zero-order valence-corrected chi connectivity index (χ0v) is 9.81. The van der Waals surface area contributed by atoms with Gasteiger partial charge in [0.2, 0.25) is 0 Å². The summed E-state index contributed by atoms with van der Waals surface area (Å²) in [6.07, 6.45) is 0. The molecule has 0 aliphatic heterocycles. The fourth-order valence-corrected chi connectivity index (χ4v) is 1.87. The molecule has 1 rings (SSSR count). The van der Waals surface area contributed by atoms with Crippen molar-refractivity contribution in [2.75, 3.05) is 19.0 Å². The summed E-state index contributed by atoms with van der Waals surface area (Å²) in [5.74, 6) is 0. The largest absolute Gasteiger partial charge is 0.378 e. The fourth-order valence-electron chi connectivity index (χ4n) is 1.87. The number of aryl methyl sites for hydroxylation is 2. The Morgan fingerprint density at radius 2 is 1.57 bits per heavy atom. The summed E-state index contributed by atoms with van der Waals surface area (Å²) in [6, 6.07) is 4.41. The highest BCUT2D eigenvalue weighted by atomic mass is 15.1. The van der Waals surface area contributed by atoms with Crippen molar-refractivity contribution in [2.45, 2.75) is 20.8 Å². The van der Waals surface area contributed by atoms with Gasteiger partial charge in [0.1, 0.15) is 0 Å². The highest BCUT2D eigenvalue weighted by molar-refractivity contribution is 5.70. The van der Waals surface area contributed by atoms with Gasteiger partial charge >= 0.3 is 0 Å². The van der Waals surface area contributed by atoms with Gasteiger partial charge in [0.25, 0.3) is 0 Å². The smallest absolute Gasteiger partial charge is 0.0366 e. The number of rotatable bonds is 2. The maximum Gasteiger partial charge on any atom is 0.0366 e. The number of nitrogens with zero attached hydrogens (tertiary/aromatic N) is 1. The molecule has 0 atom stereocenters. The molecule has 0 amide bonds. The molecule has 0 aliphatic carbocycles. The van der Waals surface area contributed by atoms with Gasteiger partial charge in [-0.05, 0) is 49.6 Å². The molecule has 0 aliphatic rings. The second-order valence-electron chi connectivity index (χ2n) is 4.13. The van der Waals surface area contributed by atoms with Gasteiger partial charge in [-0.3, -0.25) is 0 Å². The summed E-state index contributed by atoms with van der Waals surface area (Å²) >= 11 is 0. The predicted octanol–water partition coefficient (Wildman–Crippen LogP) is 3.40. The van der Waals surface area contributed by atoms with E-state index < -0.39 is 0 Å². The molecule has 0 heterocycles. The molecule has 14 heavy (non-hydrogen) atoms. The lowest BCUT2D eigenvalue weighted by atomic mass is 9.96. The minimum Gasteiger partial charge on any atom is -0.378 e. The molecule has 0 bridgehead atoms. The monoisotopic (exact) mass is 189 g/mol. The molecule has 0 saturated heterocycles.